The smallest absolute Gasteiger partial charge is 0.471 e. The second-order valence-electron chi connectivity index (χ2n) is 6.91. The molecule has 4 aliphatic carbocycles. The van der Waals surface area contributed by atoms with E-state index < -0.39 is 44.6 Å². The predicted octanol–water partition coefficient (Wildman–Crippen LogP) is 1.63. The van der Waals surface area contributed by atoms with Crippen molar-refractivity contribution >= 4 is 21.7 Å². The summed E-state index contributed by atoms with van der Waals surface area (Å²) in [5.74, 6) is -2.51. The van der Waals surface area contributed by atoms with E-state index in [9.17, 15) is 40.3 Å². The largest absolute Gasteiger partial charge is 0.861 e. The van der Waals surface area contributed by atoms with Crippen molar-refractivity contribution in [2.24, 2.45) is 27.6 Å². The van der Waals surface area contributed by atoms with Gasteiger partial charge in [0.15, 0.2) is 0 Å². The van der Waals surface area contributed by atoms with Crippen LogP contribution in [0.2, 0.25) is 0 Å². The first-order chi connectivity index (χ1) is 10.8. The zero-order valence-electron chi connectivity index (χ0n) is 12.1. The van der Waals surface area contributed by atoms with Gasteiger partial charge in [0.05, 0.1) is 0 Å². The molecule has 0 radical (unpaired) electrons. The van der Waals surface area contributed by atoms with Crippen LogP contribution in [-0.2, 0) is 14.8 Å². The quantitative estimate of drug-likeness (QED) is 0.427. The van der Waals surface area contributed by atoms with Gasteiger partial charge in [-0.15, -0.1) is 0 Å². The van der Waals surface area contributed by atoms with Crippen molar-refractivity contribution in [2.75, 3.05) is 0 Å². The number of sulfonamides is 1. The Morgan fingerprint density at radius 3 is 2.04 bits per heavy atom. The maximum atomic E-state index is 13.1. The molecule has 0 aromatic rings. The predicted molar refractivity (Wildman–Crippen MR) is 68.4 cm³/mol. The summed E-state index contributed by atoms with van der Waals surface area (Å²) in [6.45, 7) is 0. The van der Waals surface area contributed by atoms with Gasteiger partial charge in [-0.1, -0.05) is 0 Å². The fourth-order valence-electron chi connectivity index (χ4n) is 4.42. The molecule has 0 saturated heterocycles. The number of carbonyl (C=O) groups is 1. The van der Waals surface area contributed by atoms with Crippen molar-refractivity contribution in [2.45, 2.75) is 43.5 Å². The third kappa shape index (κ3) is 2.34. The van der Waals surface area contributed by atoms with Gasteiger partial charge in [-0.3, -0.25) is 4.79 Å². The van der Waals surface area contributed by atoms with Gasteiger partial charge in [-0.2, -0.15) is 34.8 Å². The van der Waals surface area contributed by atoms with E-state index >= 15 is 0 Å². The Bertz CT molecular complexity index is 696. The number of halogens is 5. The van der Waals surface area contributed by atoms with Crippen molar-refractivity contribution in [3.8, 4) is 0 Å². The summed E-state index contributed by atoms with van der Waals surface area (Å²) in [5.41, 5.74) is -1.42. The molecule has 0 aliphatic heterocycles. The molecule has 0 heterocycles. The third-order valence-electron chi connectivity index (χ3n) is 5.30. The summed E-state index contributed by atoms with van der Waals surface area (Å²) in [5, 5.41) is 6.10. The lowest BCUT2D eigenvalue weighted by Crippen LogP contribution is -2.57. The molecule has 0 amide bonds. The number of carbonyl (C=O) groups excluding carboxylic acids is 1. The summed E-state index contributed by atoms with van der Waals surface area (Å²) >= 11 is 0. The molecule has 0 aromatic heterocycles. The van der Waals surface area contributed by atoms with Crippen LogP contribution in [0, 0.1) is 23.2 Å². The van der Waals surface area contributed by atoms with Gasteiger partial charge >= 0.3 is 21.5 Å². The summed E-state index contributed by atoms with van der Waals surface area (Å²) < 4.78 is 87.9. The van der Waals surface area contributed by atoms with Gasteiger partial charge in [0.25, 0.3) is 0 Å². The first-order valence-corrected chi connectivity index (χ1v) is 8.73. The molecule has 0 spiro atoms. The second kappa shape index (κ2) is 4.89. The minimum Gasteiger partial charge on any atom is -0.861 e. The van der Waals surface area contributed by atoms with Gasteiger partial charge in [0.2, 0.25) is 0 Å². The highest BCUT2D eigenvalue weighted by molar-refractivity contribution is 7.91. The van der Waals surface area contributed by atoms with Crippen molar-refractivity contribution < 1.29 is 40.3 Å². The lowest BCUT2D eigenvalue weighted by molar-refractivity contribution is -0.243. The molecule has 5 nitrogen and oxygen atoms in total. The molecule has 4 saturated carbocycles. The molecule has 2 atom stereocenters. The standard InChI is InChI=1S/C13H14F5NO4S/c14-12(15,16)13(17,18)24(22,23)19-10(21)11-3-6-1-7(4-11)9(20)8(2-6)5-11/h6-8H,1-5H2,(H,19,21)/p-1. The monoisotopic (exact) mass is 374 g/mol. The minimum atomic E-state index is -6.39. The molecule has 11 heteroatoms. The van der Waals surface area contributed by atoms with Crippen molar-refractivity contribution in [3.05, 3.63) is 0 Å². The molecular formula is C13H13F5NO4S-. The van der Waals surface area contributed by atoms with Gasteiger partial charge in [0.1, 0.15) is 5.78 Å². The first-order valence-electron chi connectivity index (χ1n) is 7.29. The number of hydrogen-bond donors (Lipinski definition) is 0. The van der Waals surface area contributed by atoms with Crippen molar-refractivity contribution in [1.82, 2.24) is 0 Å². The van der Waals surface area contributed by atoms with E-state index in [1.807, 2.05) is 0 Å². The Hall–Kier alpha value is -1.26. The van der Waals surface area contributed by atoms with E-state index in [-0.39, 0.29) is 31.0 Å². The lowest BCUT2D eigenvalue weighted by Gasteiger charge is -2.57. The van der Waals surface area contributed by atoms with Gasteiger partial charge < -0.3 is 5.11 Å². The average molecular weight is 374 g/mol. The SMILES string of the molecule is O=C1C2CC3CC1CC(/C([O-])=N/S(=O)(=O)C(F)(F)C(F)(F)F)(C3)C2. The molecule has 4 aliphatic rings. The second-order valence-corrected chi connectivity index (χ2v) is 8.56. The number of nitrogens with zero attached hydrogens (tertiary/aromatic N) is 1. The minimum absolute atomic E-state index is 0.0335. The van der Waals surface area contributed by atoms with Crippen LogP contribution >= 0.6 is 0 Å². The first kappa shape index (κ1) is 17.6. The van der Waals surface area contributed by atoms with E-state index in [1.165, 1.54) is 0 Å². The van der Waals surface area contributed by atoms with E-state index in [2.05, 4.69) is 4.40 Å². The normalized spacial score (nSPS) is 37.1. The Labute approximate surface area is 134 Å². The maximum Gasteiger partial charge on any atom is 0.471 e. The number of Topliss-reactive ketones (excluding diaryl/α,β-unsaturated/α-hetero) is 1. The van der Waals surface area contributed by atoms with Crippen LogP contribution in [0.15, 0.2) is 4.40 Å². The van der Waals surface area contributed by atoms with Crippen LogP contribution in [0.3, 0.4) is 0 Å². The number of rotatable bonds is 3. The fraction of sp³-hybridized carbons (Fsp3) is 0.846. The molecule has 4 bridgehead atoms. The summed E-state index contributed by atoms with van der Waals surface area (Å²) in [6.07, 6.45) is -5.19. The van der Waals surface area contributed by atoms with E-state index in [0.717, 1.165) is 0 Å². The van der Waals surface area contributed by atoms with Crippen molar-refractivity contribution in [3.63, 3.8) is 0 Å². The average Bonchev–Trinajstić information content (AvgIpc) is 2.41. The van der Waals surface area contributed by atoms with E-state index in [1.54, 1.807) is 0 Å². The summed E-state index contributed by atoms with van der Waals surface area (Å²) in [4.78, 5) is 12.0. The molecule has 2 unspecified atom stereocenters. The Morgan fingerprint density at radius 1 is 1.08 bits per heavy atom. The Morgan fingerprint density at radius 2 is 1.58 bits per heavy atom. The number of hydrogen-bond acceptors (Lipinski definition) is 4. The Kier molecular flexibility index (Phi) is 3.58. The molecular weight excluding hydrogens is 361 g/mol. The van der Waals surface area contributed by atoms with E-state index in [4.69, 9.17) is 0 Å². The fourth-order valence-corrected chi connectivity index (χ4v) is 5.24. The van der Waals surface area contributed by atoms with Crippen LogP contribution in [0.5, 0.6) is 0 Å². The van der Waals surface area contributed by atoms with Crippen LogP contribution in [0.4, 0.5) is 22.0 Å². The molecule has 4 rings (SSSR count). The Balaban J connectivity index is 1.96. The zero-order chi connectivity index (χ0) is 18.1. The van der Waals surface area contributed by atoms with Crippen LogP contribution in [0.1, 0.15) is 32.1 Å². The highest BCUT2D eigenvalue weighted by Crippen LogP contribution is 2.58. The maximum absolute atomic E-state index is 13.1. The lowest BCUT2D eigenvalue weighted by atomic mass is 9.49. The highest BCUT2D eigenvalue weighted by Gasteiger charge is 2.68. The number of ketones is 1. The zero-order valence-corrected chi connectivity index (χ0v) is 13.0. The molecule has 136 valence electrons. The molecule has 0 N–H and O–H groups in total. The van der Waals surface area contributed by atoms with Crippen LogP contribution in [-0.4, -0.2) is 31.5 Å². The van der Waals surface area contributed by atoms with Crippen molar-refractivity contribution in [1.29, 1.82) is 0 Å². The van der Waals surface area contributed by atoms with Gasteiger partial charge in [-0.05, 0) is 43.9 Å². The summed E-state index contributed by atoms with van der Waals surface area (Å²) in [7, 11) is -6.39. The number of alkyl halides is 5. The highest BCUT2D eigenvalue weighted by atomic mass is 32.2. The summed E-state index contributed by atoms with van der Waals surface area (Å²) in [6, 6.07) is 0. The van der Waals surface area contributed by atoms with Crippen LogP contribution in [0.25, 0.3) is 0 Å². The van der Waals surface area contributed by atoms with Crippen LogP contribution < -0.4 is 5.11 Å². The van der Waals surface area contributed by atoms with Gasteiger partial charge in [-0.25, -0.2) is 0 Å². The molecule has 0 aromatic carbocycles. The van der Waals surface area contributed by atoms with Gasteiger partial charge in [0, 0.05) is 17.3 Å². The molecule has 24 heavy (non-hydrogen) atoms. The molecule has 4 fully saturated rings. The third-order valence-corrected chi connectivity index (χ3v) is 6.59. The topological polar surface area (TPSA) is 86.6 Å². The van der Waals surface area contributed by atoms with E-state index in [0.29, 0.717) is 12.8 Å².